The molecule has 1 aliphatic rings. The summed E-state index contributed by atoms with van der Waals surface area (Å²) in [6.07, 6.45) is 0. The van der Waals surface area contributed by atoms with Gasteiger partial charge in [-0.25, -0.2) is 0 Å². The van der Waals surface area contributed by atoms with Crippen LogP contribution in [0.5, 0.6) is 11.5 Å². The molecule has 150 valence electrons. The molecule has 0 saturated carbocycles. The number of carbonyl (C=O) groups excluding carboxylic acids is 1. The van der Waals surface area contributed by atoms with Gasteiger partial charge in [-0.15, -0.1) is 0 Å². The van der Waals surface area contributed by atoms with E-state index in [4.69, 9.17) is 9.47 Å². The van der Waals surface area contributed by atoms with E-state index in [1.807, 2.05) is 62.3 Å². The first-order valence-electron chi connectivity index (χ1n) is 9.41. The lowest BCUT2D eigenvalue weighted by atomic mass is 10.0. The van der Waals surface area contributed by atoms with Crippen LogP contribution in [0, 0.1) is 6.92 Å². The Morgan fingerprint density at radius 1 is 1.17 bits per heavy atom. The molecule has 7 nitrogen and oxygen atoms in total. The average molecular weight is 393 g/mol. The van der Waals surface area contributed by atoms with Gasteiger partial charge < -0.3 is 24.7 Å². The first-order chi connectivity index (χ1) is 13.9. The van der Waals surface area contributed by atoms with Gasteiger partial charge in [0.05, 0.1) is 17.1 Å². The van der Waals surface area contributed by atoms with Crippen molar-refractivity contribution in [1.82, 2.24) is 15.2 Å². The van der Waals surface area contributed by atoms with Crippen LogP contribution < -0.4 is 20.3 Å². The van der Waals surface area contributed by atoms with E-state index >= 15 is 0 Å². The minimum absolute atomic E-state index is 0.0663. The van der Waals surface area contributed by atoms with Gasteiger partial charge in [0, 0.05) is 18.0 Å². The second kappa shape index (κ2) is 7.60. The number of H-pyrrole nitrogens is 1. The van der Waals surface area contributed by atoms with Gasteiger partial charge in [0.25, 0.3) is 5.91 Å². The van der Waals surface area contributed by atoms with E-state index in [0.29, 0.717) is 23.4 Å². The Balaban J connectivity index is 1.59. The molecule has 7 heteroatoms. The van der Waals surface area contributed by atoms with E-state index in [-0.39, 0.29) is 24.3 Å². The molecule has 0 saturated heterocycles. The molecule has 2 aromatic carbocycles. The third kappa shape index (κ3) is 3.69. The Morgan fingerprint density at radius 3 is 2.76 bits per heavy atom. The molecule has 1 unspecified atom stereocenters. The van der Waals surface area contributed by atoms with Gasteiger partial charge in [-0.1, -0.05) is 24.3 Å². The highest BCUT2D eigenvalue weighted by molar-refractivity contribution is 6.06. The van der Waals surface area contributed by atoms with Crippen LogP contribution in [0.4, 0.5) is 0 Å². The molecule has 4 rings (SSSR count). The molecule has 1 aromatic heterocycles. The summed E-state index contributed by atoms with van der Waals surface area (Å²) < 4.78 is 10.8. The molecule has 1 aliphatic heterocycles. The smallest absolute Gasteiger partial charge is 0.252 e. The summed E-state index contributed by atoms with van der Waals surface area (Å²) >= 11 is 0. The number of hydrogen-bond donors (Lipinski definition) is 2. The van der Waals surface area contributed by atoms with Crippen molar-refractivity contribution in [3.8, 4) is 11.5 Å². The topological polar surface area (TPSA) is 83.7 Å². The van der Waals surface area contributed by atoms with E-state index in [9.17, 15) is 9.59 Å². The van der Waals surface area contributed by atoms with E-state index in [0.717, 1.165) is 22.3 Å². The van der Waals surface area contributed by atoms with Gasteiger partial charge in [-0.3, -0.25) is 9.59 Å². The van der Waals surface area contributed by atoms with Crippen molar-refractivity contribution < 1.29 is 14.3 Å². The van der Waals surface area contributed by atoms with Crippen LogP contribution in [0.15, 0.2) is 47.3 Å². The molecule has 2 N–H and O–H groups in total. The minimum Gasteiger partial charge on any atom is -0.454 e. The van der Waals surface area contributed by atoms with Crippen molar-refractivity contribution in [2.24, 2.45) is 0 Å². The number of likely N-dealkylation sites (N-methyl/N-ethyl adjacent to an activating group) is 1. The first kappa shape index (κ1) is 19.0. The summed E-state index contributed by atoms with van der Waals surface area (Å²) in [5.41, 5.74) is 2.68. The highest BCUT2D eigenvalue weighted by Gasteiger charge is 2.21. The van der Waals surface area contributed by atoms with Crippen LogP contribution in [0.1, 0.15) is 27.5 Å². The van der Waals surface area contributed by atoms with Gasteiger partial charge in [0.2, 0.25) is 12.4 Å². The number of nitrogens with zero attached hydrogens (tertiary/aromatic N) is 1. The maximum atomic E-state index is 12.9. The number of aryl methyl sites for hydroxylation is 1. The number of fused-ring (bicyclic) bond motifs is 2. The molecule has 0 bridgehead atoms. The molecule has 1 amide bonds. The quantitative estimate of drug-likeness (QED) is 0.696. The second-order valence-electron chi connectivity index (χ2n) is 7.35. The van der Waals surface area contributed by atoms with Crippen LogP contribution >= 0.6 is 0 Å². The molecular weight excluding hydrogens is 370 g/mol. The maximum absolute atomic E-state index is 12.9. The molecule has 3 aromatic rings. The SMILES string of the molecule is Cc1cccc2c(C(=O)NCC(c3ccc4c(c3)OCO4)N(C)C)cc(=O)[nH]c12. The van der Waals surface area contributed by atoms with Gasteiger partial charge in [0.15, 0.2) is 11.5 Å². The lowest BCUT2D eigenvalue weighted by Crippen LogP contribution is -2.35. The Bertz CT molecular complexity index is 1140. The highest BCUT2D eigenvalue weighted by atomic mass is 16.7. The fraction of sp³-hybridized carbons (Fsp3) is 0.273. The zero-order valence-corrected chi connectivity index (χ0v) is 16.6. The lowest BCUT2D eigenvalue weighted by Gasteiger charge is -2.25. The number of nitrogens with one attached hydrogen (secondary N) is 2. The number of aromatic amines is 1. The van der Waals surface area contributed by atoms with Gasteiger partial charge in [0.1, 0.15) is 0 Å². The number of benzene rings is 2. The second-order valence-corrected chi connectivity index (χ2v) is 7.35. The van der Waals surface area contributed by atoms with Gasteiger partial charge >= 0.3 is 0 Å². The molecule has 0 radical (unpaired) electrons. The maximum Gasteiger partial charge on any atom is 0.252 e. The Labute approximate surface area is 168 Å². The van der Waals surface area contributed by atoms with E-state index in [1.54, 1.807) is 0 Å². The third-order valence-corrected chi connectivity index (χ3v) is 5.19. The van der Waals surface area contributed by atoms with Gasteiger partial charge in [-0.05, 0) is 44.3 Å². The average Bonchev–Trinajstić information content (AvgIpc) is 3.16. The molecule has 0 fully saturated rings. The Hall–Kier alpha value is -3.32. The summed E-state index contributed by atoms with van der Waals surface area (Å²) in [6, 6.07) is 12.7. The Morgan fingerprint density at radius 2 is 1.97 bits per heavy atom. The monoisotopic (exact) mass is 393 g/mol. The number of aromatic nitrogens is 1. The first-order valence-corrected chi connectivity index (χ1v) is 9.41. The molecule has 0 aliphatic carbocycles. The molecule has 29 heavy (non-hydrogen) atoms. The number of para-hydroxylation sites is 1. The van der Waals surface area contributed by atoms with Crippen molar-refractivity contribution in [2.45, 2.75) is 13.0 Å². The Kier molecular flexibility index (Phi) is 4.98. The van der Waals surface area contributed by atoms with Crippen molar-refractivity contribution in [3.05, 3.63) is 69.5 Å². The fourth-order valence-corrected chi connectivity index (χ4v) is 3.62. The lowest BCUT2D eigenvalue weighted by molar-refractivity contribution is 0.0943. The summed E-state index contributed by atoms with van der Waals surface area (Å²) in [5.74, 6) is 1.15. The fourth-order valence-electron chi connectivity index (χ4n) is 3.62. The van der Waals surface area contributed by atoms with Crippen LogP contribution in [0.3, 0.4) is 0 Å². The number of hydrogen-bond acceptors (Lipinski definition) is 5. The standard InChI is InChI=1S/C22H23N3O4/c1-13-5-4-6-15-16(10-20(26)24-21(13)15)22(27)23-11-17(25(2)3)14-7-8-18-19(9-14)29-12-28-18/h4-10,17H,11-12H2,1-3H3,(H,23,27)(H,24,26). The summed E-state index contributed by atoms with van der Waals surface area (Å²) in [4.78, 5) is 29.9. The zero-order chi connectivity index (χ0) is 20.5. The number of pyridine rings is 1. The van der Waals surface area contributed by atoms with E-state index in [2.05, 4.69) is 10.3 Å². The van der Waals surface area contributed by atoms with Crippen molar-refractivity contribution in [1.29, 1.82) is 0 Å². The predicted molar refractivity (Wildman–Crippen MR) is 111 cm³/mol. The number of ether oxygens (including phenoxy) is 2. The van der Waals surface area contributed by atoms with Crippen molar-refractivity contribution in [3.63, 3.8) is 0 Å². The number of rotatable bonds is 5. The largest absolute Gasteiger partial charge is 0.454 e. The summed E-state index contributed by atoms with van der Waals surface area (Å²) in [6.45, 7) is 2.50. The zero-order valence-electron chi connectivity index (χ0n) is 16.6. The van der Waals surface area contributed by atoms with Crippen LogP contribution in [0.2, 0.25) is 0 Å². The van der Waals surface area contributed by atoms with Gasteiger partial charge in [-0.2, -0.15) is 0 Å². The normalized spacial score (nSPS) is 13.7. The van der Waals surface area contributed by atoms with Crippen molar-refractivity contribution >= 4 is 16.8 Å². The highest BCUT2D eigenvalue weighted by Crippen LogP contribution is 2.35. The molecule has 1 atom stereocenters. The van der Waals surface area contributed by atoms with Crippen LogP contribution in [0.25, 0.3) is 10.9 Å². The predicted octanol–water partition coefficient (Wildman–Crippen LogP) is 2.60. The van der Waals surface area contributed by atoms with E-state index < -0.39 is 0 Å². The molecular formula is C22H23N3O4. The summed E-state index contributed by atoms with van der Waals surface area (Å²) in [5, 5.41) is 3.71. The third-order valence-electron chi connectivity index (χ3n) is 5.19. The number of amides is 1. The van der Waals surface area contributed by atoms with Crippen LogP contribution in [-0.4, -0.2) is 43.2 Å². The minimum atomic E-state index is -0.295. The van der Waals surface area contributed by atoms with Crippen molar-refractivity contribution in [2.75, 3.05) is 27.4 Å². The summed E-state index contributed by atoms with van der Waals surface area (Å²) in [7, 11) is 3.90. The van der Waals surface area contributed by atoms with Crippen LogP contribution in [-0.2, 0) is 0 Å². The van der Waals surface area contributed by atoms with E-state index in [1.165, 1.54) is 6.07 Å². The molecule has 0 spiro atoms. The number of carbonyl (C=O) groups is 1. The molecule has 2 heterocycles.